The van der Waals surface area contributed by atoms with Crippen molar-refractivity contribution in [2.45, 2.75) is 6.18 Å². The maximum atomic E-state index is 13.7. The number of hydrogen-bond acceptors (Lipinski definition) is 8. The lowest BCUT2D eigenvalue weighted by molar-refractivity contribution is -0.0597. The molecule has 30 heavy (non-hydrogen) atoms. The van der Waals surface area contributed by atoms with Crippen LogP contribution in [0.5, 0.6) is 17.8 Å². The molecule has 0 N–H and O–H groups in total. The Morgan fingerprint density at radius 2 is 1.83 bits per heavy atom. The van der Waals surface area contributed by atoms with Crippen LogP contribution in [0, 0.1) is 0 Å². The zero-order valence-electron chi connectivity index (χ0n) is 15.4. The van der Waals surface area contributed by atoms with Gasteiger partial charge in [-0.3, -0.25) is 0 Å². The lowest BCUT2D eigenvalue weighted by atomic mass is 10.2. The quantitative estimate of drug-likeness (QED) is 0.359. The van der Waals surface area contributed by atoms with Gasteiger partial charge in [-0.1, -0.05) is 35.0 Å². The number of ether oxygens (including phenoxy) is 2. The first kappa shape index (κ1) is 21.6. The number of aromatic nitrogens is 3. The Morgan fingerprint density at radius 3 is 2.47 bits per heavy atom. The fourth-order valence-electron chi connectivity index (χ4n) is 2.10. The van der Waals surface area contributed by atoms with Crippen LogP contribution >= 0.6 is 22.9 Å². The molecule has 0 bridgehead atoms. The molecule has 0 radical (unpaired) electrons. The van der Waals surface area contributed by atoms with E-state index in [2.05, 4.69) is 25.8 Å². The van der Waals surface area contributed by atoms with Gasteiger partial charge in [0.2, 0.25) is 17.5 Å². The second-order valence-corrected chi connectivity index (χ2v) is 6.74. The van der Waals surface area contributed by atoms with Crippen molar-refractivity contribution in [2.75, 3.05) is 14.2 Å². The van der Waals surface area contributed by atoms with E-state index in [0.29, 0.717) is 16.9 Å². The summed E-state index contributed by atoms with van der Waals surface area (Å²) in [7, 11) is 2.63. The average molecular weight is 457 g/mol. The van der Waals surface area contributed by atoms with Crippen LogP contribution in [0.4, 0.5) is 13.2 Å². The summed E-state index contributed by atoms with van der Waals surface area (Å²) < 4.78 is 50.8. The molecule has 0 spiro atoms. The van der Waals surface area contributed by atoms with E-state index in [1.165, 1.54) is 20.3 Å². The molecule has 1 aliphatic carbocycles. The molecular formula is C18H12ClF3N4O3S. The van der Waals surface area contributed by atoms with Gasteiger partial charge in [0.15, 0.2) is 0 Å². The third-order valence-electron chi connectivity index (χ3n) is 3.43. The second-order valence-electron chi connectivity index (χ2n) is 5.39. The number of halogens is 4. The minimum atomic E-state index is -4.89. The van der Waals surface area contributed by atoms with Gasteiger partial charge in [0, 0.05) is 5.57 Å². The van der Waals surface area contributed by atoms with Crippen molar-refractivity contribution < 1.29 is 27.5 Å². The average Bonchev–Trinajstić information content (AvgIpc) is 2.92. The predicted octanol–water partition coefficient (Wildman–Crippen LogP) is 4.61. The van der Waals surface area contributed by atoms with Crippen molar-refractivity contribution in [3.63, 3.8) is 0 Å². The zero-order chi connectivity index (χ0) is 21.7. The number of allylic oxidation sites excluding steroid dienone is 5. The van der Waals surface area contributed by atoms with Gasteiger partial charge in [0.1, 0.15) is 15.0 Å². The third kappa shape index (κ3) is 5.07. The van der Waals surface area contributed by atoms with Crippen LogP contribution in [0.3, 0.4) is 0 Å². The molecule has 0 aromatic carbocycles. The van der Waals surface area contributed by atoms with E-state index >= 15 is 0 Å². The molecule has 0 saturated carbocycles. The van der Waals surface area contributed by atoms with Gasteiger partial charge < -0.3 is 14.3 Å². The topological polar surface area (TPSA) is 78.7 Å². The molecule has 0 unspecified atom stereocenters. The van der Waals surface area contributed by atoms with E-state index < -0.39 is 22.8 Å². The van der Waals surface area contributed by atoms with Crippen LogP contribution in [0.25, 0.3) is 5.57 Å². The highest BCUT2D eigenvalue weighted by molar-refractivity contribution is 7.15. The number of nitrogens with zero attached hydrogens (tertiary/aromatic N) is 4. The van der Waals surface area contributed by atoms with Gasteiger partial charge in [0.25, 0.3) is 0 Å². The SMILES string of the molecule is COc1cc(OC)nc(ON=C(c2sc(C3=CC=CC=C=C3)nc2Cl)C(F)(F)F)n1. The van der Waals surface area contributed by atoms with E-state index in [9.17, 15) is 13.2 Å². The number of methoxy groups -OCH3 is 2. The molecule has 3 rings (SSSR count). The number of hydrogen-bond donors (Lipinski definition) is 0. The first-order valence-corrected chi connectivity index (χ1v) is 9.27. The van der Waals surface area contributed by atoms with Crippen LogP contribution in [-0.4, -0.2) is 41.1 Å². The van der Waals surface area contributed by atoms with Crippen LogP contribution in [0.2, 0.25) is 5.15 Å². The van der Waals surface area contributed by atoms with Gasteiger partial charge in [-0.15, -0.1) is 17.1 Å². The molecular weight excluding hydrogens is 445 g/mol. The first-order valence-electron chi connectivity index (χ1n) is 8.07. The van der Waals surface area contributed by atoms with Gasteiger partial charge in [0.05, 0.1) is 20.3 Å². The molecule has 7 nitrogen and oxygen atoms in total. The first-order chi connectivity index (χ1) is 14.3. The lowest BCUT2D eigenvalue weighted by Gasteiger charge is -2.09. The molecule has 2 aromatic heterocycles. The number of oxime groups is 1. The molecule has 12 heteroatoms. The molecule has 0 fully saturated rings. The van der Waals surface area contributed by atoms with Crippen molar-refractivity contribution in [1.29, 1.82) is 0 Å². The Morgan fingerprint density at radius 1 is 1.13 bits per heavy atom. The molecule has 0 aliphatic heterocycles. The van der Waals surface area contributed by atoms with E-state index in [1.807, 2.05) is 0 Å². The van der Waals surface area contributed by atoms with E-state index in [0.717, 1.165) is 0 Å². The predicted molar refractivity (Wildman–Crippen MR) is 105 cm³/mol. The Bertz CT molecular complexity index is 1080. The minimum absolute atomic E-state index is 0.0203. The summed E-state index contributed by atoms with van der Waals surface area (Å²) in [6.07, 6.45) is 3.44. The number of alkyl halides is 3. The second kappa shape index (κ2) is 9.12. The molecule has 156 valence electrons. The summed E-state index contributed by atoms with van der Waals surface area (Å²) in [5.41, 5.74) is 2.01. The van der Waals surface area contributed by atoms with Crippen molar-refractivity contribution in [3.05, 3.63) is 57.2 Å². The molecule has 1 aliphatic rings. The summed E-state index contributed by atoms with van der Waals surface area (Å²) in [6.45, 7) is 0. The van der Waals surface area contributed by atoms with Crippen LogP contribution in [0.15, 0.2) is 47.3 Å². The van der Waals surface area contributed by atoms with Gasteiger partial charge >= 0.3 is 12.2 Å². The van der Waals surface area contributed by atoms with E-state index in [1.54, 1.807) is 30.4 Å². The lowest BCUT2D eigenvalue weighted by Crippen LogP contribution is -2.24. The fourth-order valence-corrected chi connectivity index (χ4v) is 3.40. The Balaban J connectivity index is 1.99. The largest absolute Gasteiger partial charge is 0.481 e. The Hall–Kier alpha value is -3.14. The highest BCUT2D eigenvalue weighted by atomic mass is 35.5. The Labute approximate surface area is 177 Å². The summed E-state index contributed by atoms with van der Waals surface area (Å²) in [5, 5.41) is 3.09. The smallest absolute Gasteiger partial charge is 0.438 e. The van der Waals surface area contributed by atoms with Gasteiger partial charge in [-0.25, -0.2) is 4.98 Å². The number of rotatable bonds is 6. The highest BCUT2D eigenvalue weighted by Gasteiger charge is 2.41. The standard InChI is InChI=1S/C18H12ClF3N4O3S/c1-27-11-9-12(28-2)24-17(23-11)29-26-14(18(20,21)22)13-15(19)25-16(30-13)10-7-5-3-4-6-8-10/h3-5,7-9H,1-2H3. The van der Waals surface area contributed by atoms with Crippen LogP contribution < -0.4 is 14.3 Å². The molecule has 0 saturated heterocycles. The normalized spacial score (nSPS) is 13.8. The zero-order valence-corrected chi connectivity index (χ0v) is 17.0. The maximum Gasteiger partial charge on any atom is 0.438 e. The maximum absolute atomic E-state index is 13.7. The third-order valence-corrected chi connectivity index (χ3v) is 4.93. The van der Waals surface area contributed by atoms with E-state index in [-0.39, 0.29) is 21.9 Å². The van der Waals surface area contributed by atoms with Crippen molar-refractivity contribution in [1.82, 2.24) is 15.0 Å². The van der Waals surface area contributed by atoms with Crippen molar-refractivity contribution >= 4 is 34.2 Å². The van der Waals surface area contributed by atoms with Gasteiger partial charge in [-0.05, 0) is 12.2 Å². The van der Waals surface area contributed by atoms with Crippen molar-refractivity contribution in [3.8, 4) is 17.8 Å². The summed E-state index contributed by atoms with van der Waals surface area (Å²) in [5.74, 6) is 0.0406. The number of thiazole rings is 1. The molecule has 0 amide bonds. The van der Waals surface area contributed by atoms with Crippen molar-refractivity contribution in [2.24, 2.45) is 5.16 Å². The van der Waals surface area contributed by atoms with Crippen LogP contribution in [0.1, 0.15) is 9.88 Å². The highest BCUT2D eigenvalue weighted by Crippen LogP contribution is 2.34. The molecule has 0 atom stereocenters. The minimum Gasteiger partial charge on any atom is -0.481 e. The summed E-state index contributed by atoms with van der Waals surface area (Å²) >= 11 is 6.70. The van der Waals surface area contributed by atoms with E-state index in [4.69, 9.17) is 25.9 Å². The molecule has 2 aromatic rings. The monoisotopic (exact) mass is 456 g/mol. The molecule has 2 heterocycles. The summed E-state index contributed by atoms with van der Waals surface area (Å²) in [6, 6.07) is 0.822. The fraction of sp³-hybridized carbons (Fsp3) is 0.167. The summed E-state index contributed by atoms with van der Waals surface area (Å²) in [4.78, 5) is 16.0. The van der Waals surface area contributed by atoms with Crippen LogP contribution in [-0.2, 0) is 0 Å². The Kier molecular flexibility index (Phi) is 6.56. The van der Waals surface area contributed by atoms with Gasteiger partial charge in [-0.2, -0.15) is 23.1 Å².